The maximum absolute atomic E-state index is 13.3. The highest BCUT2D eigenvalue weighted by Crippen LogP contribution is 2.44. The Labute approximate surface area is 159 Å². The summed E-state index contributed by atoms with van der Waals surface area (Å²) in [7, 11) is 0. The Morgan fingerprint density at radius 3 is 2.26 bits per heavy atom. The molecule has 0 aliphatic carbocycles. The van der Waals surface area contributed by atoms with E-state index in [1.54, 1.807) is 27.7 Å². The van der Waals surface area contributed by atoms with Crippen LogP contribution in [0.1, 0.15) is 41.0 Å². The number of nitrogens with one attached hydrogen (secondary N) is 2. The molecule has 2 unspecified atom stereocenters. The topological polar surface area (TPSA) is 125 Å². The maximum atomic E-state index is 13.3. The van der Waals surface area contributed by atoms with Crippen LogP contribution in [0.3, 0.4) is 0 Å². The molecule has 0 spiro atoms. The second-order valence-corrected chi connectivity index (χ2v) is 7.72. The number of likely N-dealkylation sites (tertiary alicyclic amines) is 1. The van der Waals surface area contributed by atoms with Gasteiger partial charge in [0, 0.05) is 19.0 Å². The molecule has 0 saturated carbocycles. The van der Waals surface area contributed by atoms with Crippen molar-refractivity contribution in [3.8, 4) is 0 Å². The van der Waals surface area contributed by atoms with Crippen LogP contribution in [0.15, 0.2) is 12.7 Å². The lowest BCUT2D eigenvalue weighted by molar-refractivity contribution is -0.163. The summed E-state index contributed by atoms with van der Waals surface area (Å²) >= 11 is 0. The Kier molecular flexibility index (Phi) is 6.63. The highest BCUT2D eigenvalue weighted by atomic mass is 16.5. The standard InChI is InChI=1S/C18H29N3O6/c1-7-9-17(14(24)27-8-2)10-21(15(25)26)11-18(17,19-12(3)22)13(23)20-16(4,5)6/h7H,1,8-11H2,2-6H3,(H,19,22)(H,20,23)(H,25,26). The van der Waals surface area contributed by atoms with Crippen LogP contribution in [0.2, 0.25) is 0 Å². The first-order valence-corrected chi connectivity index (χ1v) is 8.72. The number of hydrogen-bond acceptors (Lipinski definition) is 5. The zero-order chi connectivity index (χ0) is 21.0. The monoisotopic (exact) mass is 383 g/mol. The molecule has 0 aromatic rings. The van der Waals surface area contributed by atoms with Gasteiger partial charge in [0.2, 0.25) is 11.8 Å². The molecule has 1 rings (SSSR count). The first-order valence-electron chi connectivity index (χ1n) is 8.72. The number of esters is 1. The minimum absolute atomic E-state index is 0.0435. The fourth-order valence-corrected chi connectivity index (χ4v) is 3.42. The first kappa shape index (κ1) is 22.5. The molecule has 0 radical (unpaired) electrons. The van der Waals surface area contributed by atoms with Gasteiger partial charge in [0.15, 0.2) is 5.54 Å². The van der Waals surface area contributed by atoms with E-state index in [9.17, 15) is 24.3 Å². The Bertz CT molecular complexity index is 641. The van der Waals surface area contributed by atoms with Crippen molar-refractivity contribution in [2.24, 2.45) is 5.41 Å². The van der Waals surface area contributed by atoms with Gasteiger partial charge in [0.05, 0.1) is 13.2 Å². The molecular formula is C18H29N3O6. The van der Waals surface area contributed by atoms with Crippen molar-refractivity contribution < 1.29 is 29.0 Å². The maximum Gasteiger partial charge on any atom is 0.407 e. The zero-order valence-electron chi connectivity index (χ0n) is 16.5. The molecule has 9 heteroatoms. The van der Waals surface area contributed by atoms with Crippen LogP contribution in [0.4, 0.5) is 4.79 Å². The molecule has 152 valence electrons. The number of carbonyl (C=O) groups excluding carboxylic acids is 3. The van der Waals surface area contributed by atoms with Crippen molar-refractivity contribution in [2.45, 2.75) is 52.1 Å². The predicted octanol–water partition coefficient (Wildman–Crippen LogP) is 0.895. The van der Waals surface area contributed by atoms with Gasteiger partial charge >= 0.3 is 12.1 Å². The lowest BCUT2D eigenvalue weighted by Gasteiger charge is -2.42. The number of ether oxygens (including phenoxy) is 1. The highest BCUT2D eigenvalue weighted by molar-refractivity contribution is 6.00. The van der Waals surface area contributed by atoms with Crippen LogP contribution in [0.5, 0.6) is 0 Å². The number of nitrogens with zero attached hydrogens (tertiary/aromatic N) is 1. The van der Waals surface area contributed by atoms with Crippen molar-refractivity contribution in [1.29, 1.82) is 0 Å². The highest BCUT2D eigenvalue weighted by Gasteiger charge is 2.68. The summed E-state index contributed by atoms with van der Waals surface area (Å²) in [6.45, 7) is 11.1. The number of hydrogen-bond donors (Lipinski definition) is 3. The van der Waals surface area contributed by atoms with E-state index < -0.39 is 40.4 Å². The van der Waals surface area contributed by atoms with Crippen molar-refractivity contribution in [1.82, 2.24) is 15.5 Å². The van der Waals surface area contributed by atoms with Crippen LogP contribution in [0.25, 0.3) is 0 Å². The number of carboxylic acid groups (broad SMARTS) is 1. The van der Waals surface area contributed by atoms with Gasteiger partial charge < -0.3 is 25.4 Å². The second kappa shape index (κ2) is 7.98. The summed E-state index contributed by atoms with van der Waals surface area (Å²) in [6, 6.07) is 0. The van der Waals surface area contributed by atoms with E-state index in [1.165, 1.54) is 13.0 Å². The molecule has 1 aliphatic heterocycles. The van der Waals surface area contributed by atoms with E-state index in [1.807, 2.05) is 0 Å². The van der Waals surface area contributed by atoms with Crippen molar-refractivity contribution in [2.75, 3.05) is 19.7 Å². The van der Waals surface area contributed by atoms with Crippen LogP contribution in [-0.4, -0.2) is 64.7 Å². The smallest absolute Gasteiger partial charge is 0.407 e. The first-order chi connectivity index (χ1) is 12.3. The average molecular weight is 383 g/mol. The summed E-state index contributed by atoms with van der Waals surface area (Å²) in [6.07, 6.45) is 0.0694. The number of amides is 3. The van der Waals surface area contributed by atoms with Gasteiger partial charge in [-0.15, -0.1) is 6.58 Å². The third-order valence-electron chi connectivity index (χ3n) is 4.40. The molecular weight excluding hydrogens is 354 g/mol. The van der Waals surface area contributed by atoms with Crippen LogP contribution >= 0.6 is 0 Å². The molecule has 27 heavy (non-hydrogen) atoms. The van der Waals surface area contributed by atoms with Gasteiger partial charge in [0.1, 0.15) is 5.41 Å². The normalized spacial score (nSPS) is 24.9. The summed E-state index contributed by atoms with van der Waals surface area (Å²) < 4.78 is 5.19. The fraction of sp³-hybridized carbons (Fsp3) is 0.667. The van der Waals surface area contributed by atoms with E-state index >= 15 is 0 Å². The summed E-state index contributed by atoms with van der Waals surface area (Å²) in [4.78, 5) is 50.9. The van der Waals surface area contributed by atoms with E-state index in [-0.39, 0.29) is 26.1 Å². The van der Waals surface area contributed by atoms with Gasteiger partial charge in [0.25, 0.3) is 0 Å². The number of rotatable bonds is 6. The molecule has 1 aliphatic rings. The molecule has 3 amide bonds. The predicted molar refractivity (Wildman–Crippen MR) is 97.9 cm³/mol. The van der Waals surface area contributed by atoms with Crippen molar-refractivity contribution in [3.63, 3.8) is 0 Å². The van der Waals surface area contributed by atoms with Gasteiger partial charge in [-0.1, -0.05) is 6.08 Å². The van der Waals surface area contributed by atoms with Gasteiger partial charge in [-0.05, 0) is 34.1 Å². The Hall–Kier alpha value is -2.58. The molecule has 1 fully saturated rings. The fourth-order valence-electron chi connectivity index (χ4n) is 3.42. The molecule has 0 bridgehead atoms. The lowest BCUT2D eigenvalue weighted by atomic mass is 9.68. The number of carbonyl (C=O) groups is 4. The Morgan fingerprint density at radius 2 is 1.85 bits per heavy atom. The quantitative estimate of drug-likeness (QED) is 0.462. The molecule has 9 nitrogen and oxygen atoms in total. The van der Waals surface area contributed by atoms with E-state index in [4.69, 9.17) is 4.74 Å². The van der Waals surface area contributed by atoms with Gasteiger partial charge in [-0.2, -0.15) is 0 Å². The second-order valence-electron chi connectivity index (χ2n) is 7.72. The van der Waals surface area contributed by atoms with Crippen LogP contribution < -0.4 is 10.6 Å². The molecule has 2 atom stereocenters. The van der Waals surface area contributed by atoms with Crippen molar-refractivity contribution in [3.05, 3.63) is 12.7 Å². The molecule has 3 N–H and O–H groups in total. The Balaban J connectivity index is 3.69. The SMILES string of the molecule is C=CCC1(C(=O)OCC)CN(C(=O)O)CC1(NC(C)=O)C(=O)NC(C)(C)C. The molecule has 0 aromatic heterocycles. The lowest BCUT2D eigenvalue weighted by Crippen LogP contribution is -2.71. The third kappa shape index (κ3) is 4.40. The molecule has 1 heterocycles. The van der Waals surface area contributed by atoms with Crippen LogP contribution in [-0.2, 0) is 19.1 Å². The third-order valence-corrected chi connectivity index (χ3v) is 4.40. The largest absolute Gasteiger partial charge is 0.465 e. The van der Waals surface area contributed by atoms with Crippen molar-refractivity contribution >= 4 is 23.9 Å². The van der Waals surface area contributed by atoms with E-state index in [0.29, 0.717) is 0 Å². The summed E-state index contributed by atoms with van der Waals surface area (Å²) in [5, 5.41) is 14.8. The van der Waals surface area contributed by atoms with Gasteiger partial charge in [-0.25, -0.2) is 4.79 Å². The van der Waals surface area contributed by atoms with E-state index in [2.05, 4.69) is 17.2 Å². The number of allylic oxidation sites excluding steroid dienone is 1. The van der Waals surface area contributed by atoms with Crippen LogP contribution in [0, 0.1) is 5.41 Å². The summed E-state index contributed by atoms with van der Waals surface area (Å²) in [5.41, 5.74) is -4.14. The van der Waals surface area contributed by atoms with E-state index in [0.717, 1.165) is 4.90 Å². The summed E-state index contributed by atoms with van der Waals surface area (Å²) in [5.74, 6) is -1.97. The molecule has 1 saturated heterocycles. The minimum Gasteiger partial charge on any atom is -0.465 e. The average Bonchev–Trinajstić information content (AvgIpc) is 2.82. The Morgan fingerprint density at radius 1 is 1.26 bits per heavy atom. The van der Waals surface area contributed by atoms with Gasteiger partial charge in [-0.3, -0.25) is 14.4 Å². The zero-order valence-corrected chi connectivity index (χ0v) is 16.5. The molecule has 0 aromatic carbocycles. The minimum atomic E-state index is -1.83.